The molecule has 0 aliphatic carbocycles. The van der Waals surface area contributed by atoms with Crippen LogP contribution in [0.4, 0.5) is 11.6 Å². The van der Waals surface area contributed by atoms with Gasteiger partial charge in [-0.1, -0.05) is 35.9 Å². The highest BCUT2D eigenvalue weighted by molar-refractivity contribution is 7.93. The predicted octanol–water partition coefficient (Wildman–Crippen LogP) is 3.47. The van der Waals surface area contributed by atoms with E-state index in [4.69, 9.17) is 11.6 Å². The molecule has 1 saturated heterocycles. The molecular formula is C24H24ClN5O3S. The zero-order valence-corrected chi connectivity index (χ0v) is 20.0. The zero-order chi connectivity index (χ0) is 24.1. The van der Waals surface area contributed by atoms with E-state index in [1.807, 2.05) is 4.90 Å². The lowest BCUT2D eigenvalue weighted by atomic mass is 10.2. The number of carbonyl (C=O) groups is 1. The maximum atomic E-state index is 13.5. The number of sulfonamides is 1. The highest BCUT2D eigenvalue weighted by Crippen LogP contribution is 2.30. The molecule has 2 heterocycles. The number of piperazine rings is 1. The number of hydrogen-bond donors (Lipinski definition) is 0. The maximum Gasteiger partial charge on any atom is 0.266 e. The molecule has 10 heteroatoms. The third-order valence-electron chi connectivity index (χ3n) is 5.49. The fraction of sp³-hybridized carbons (Fsp3) is 0.208. The Hall–Kier alpha value is -3.43. The number of nitrogens with zero attached hydrogens (tertiary/aromatic N) is 5. The number of hydrogen-bond acceptors (Lipinski definition) is 6. The molecular weight excluding hydrogens is 474 g/mol. The molecule has 1 amide bonds. The van der Waals surface area contributed by atoms with E-state index in [9.17, 15) is 13.2 Å². The van der Waals surface area contributed by atoms with Crippen molar-refractivity contribution in [3.05, 3.63) is 90.2 Å². The van der Waals surface area contributed by atoms with Gasteiger partial charge in [0.2, 0.25) is 5.95 Å². The second-order valence-electron chi connectivity index (χ2n) is 7.63. The van der Waals surface area contributed by atoms with Gasteiger partial charge in [-0.2, -0.15) is 0 Å². The fourth-order valence-electron chi connectivity index (χ4n) is 3.75. The molecule has 3 aromatic rings. The van der Waals surface area contributed by atoms with Crippen LogP contribution in [0.1, 0.15) is 10.4 Å². The zero-order valence-electron chi connectivity index (χ0n) is 18.4. The fourth-order valence-corrected chi connectivity index (χ4v) is 5.69. The Balaban J connectivity index is 1.57. The quantitative estimate of drug-likeness (QED) is 0.464. The molecule has 0 unspecified atom stereocenters. The molecule has 8 nitrogen and oxygen atoms in total. The lowest BCUT2D eigenvalue weighted by Crippen LogP contribution is -2.49. The number of benzene rings is 2. The van der Waals surface area contributed by atoms with Gasteiger partial charge >= 0.3 is 0 Å². The van der Waals surface area contributed by atoms with Crippen molar-refractivity contribution in [2.45, 2.75) is 4.90 Å². The molecule has 0 spiro atoms. The van der Waals surface area contributed by atoms with Gasteiger partial charge in [0, 0.05) is 44.1 Å². The van der Waals surface area contributed by atoms with Crippen LogP contribution in [0, 0.1) is 0 Å². The van der Waals surface area contributed by atoms with E-state index in [0.717, 1.165) is 0 Å². The number of amides is 1. The average molecular weight is 498 g/mol. The summed E-state index contributed by atoms with van der Waals surface area (Å²) in [5, 5.41) is 0.0487. The first-order valence-electron chi connectivity index (χ1n) is 10.7. The Morgan fingerprint density at radius 2 is 1.71 bits per heavy atom. The molecule has 0 saturated carbocycles. The second-order valence-corrected chi connectivity index (χ2v) is 9.87. The number of para-hydroxylation sites is 1. The van der Waals surface area contributed by atoms with Crippen LogP contribution in [0.25, 0.3) is 0 Å². The second kappa shape index (κ2) is 10.2. The van der Waals surface area contributed by atoms with E-state index in [-0.39, 0.29) is 27.9 Å². The highest BCUT2D eigenvalue weighted by atomic mass is 35.5. The summed E-state index contributed by atoms with van der Waals surface area (Å²) in [6, 6.07) is 14.8. The van der Waals surface area contributed by atoms with Crippen LogP contribution in [0.5, 0.6) is 0 Å². The first kappa shape index (κ1) is 23.7. The maximum absolute atomic E-state index is 13.5. The summed E-state index contributed by atoms with van der Waals surface area (Å²) in [6.45, 7) is 5.83. The van der Waals surface area contributed by atoms with E-state index >= 15 is 0 Å². The first-order chi connectivity index (χ1) is 16.4. The van der Waals surface area contributed by atoms with Crippen LogP contribution in [0.2, 0.25) is 5.02 Å². The minimum Gasteiger partial charge on any atom is -0.337 e. The topological polar surface area (TPSA) is 86.7 Å². The van der Waals surface area contributed by atoms with Gasteiger partial charge in [0.05, 0.1) is 17.3 Å². The Kier molecular flexibility index (Phi) is 7.14. The Morgan fingerprint density at radius 3 is 2.35 bits per heavy atom. The summed E-state index contributed by atoms with van der Waals surface area (Å²) in [5.41, 5.74) is 0.744. The van der Waals surface area contributed by atoms with Gasteiger partial charge in [0.15, 0.2) is 0 Å². The molecule has 2 aromatic carbocycles. The Morgan fingerprint density at radius 1 is 1.03 bits per heavy atom. The van der Waals surface area contributed by atoms with Crippen molar-refractivity contribution in [3.8, 4) is 0 Å². The Bertz CT molecular complexity index is 1260. The molecule has 1 aliphatic heterocycles. The van der Waals surface area contributed by atoms with Gasteiger partial charge in [0.25, 0.3) is 15.9 Å². The normalized spacial score (nSPS) is 14.0. The molecule has 1 aliphatic rings. The van der Waals surface area contributed by atoms with Crippen molar-refractivity contribution in [2.75, 3.05) is 41.9 Å². The van der Waals surface area contributed by atoms with Gasteiger partial charge in [0.1, 0.15) is 4.90 Å². The lowest BCUT2D eigenvalue weighted by Gasteiger charge is -2.34. The van der Waals surface area contributed by atoms with Crippen molar-refractivity contribution in [1.82, 2.24) is 14.9 Å². The third-order valence-corrected chi connectivity index (χ3v) is 7.76. The van der Waals surface area contributed by atoms with Crippen molar-refractivity contribution >= 4 is 39.2 Å². The summed E-state index contributed by atoms with van der Waals surface area (Å²) in [5.74, 6) is 0.370. The van der Waals surface area contributed by atoms with Crippen LogP contribution < -0.4 is 9.21 Å². The number of rotatable bonds is 7. The Labute approximate surface area is 204 Å². The molecule has 0 bridgehead atoms. The van der Waals surface area contributed by atoms with Crippen molar-refractivity contribution < 1.29 is 13.2 Å². The molecule has 34 heavy (non-hydrogen) atoms. The minimum atomic E-state index is -4.04. The standard InChI is InChI=1S/C24H24ClN5O3S/c1-2-13-30(20-7-4-3-5-8-20)34(32,33)22-18-19(9-10-21(22)25)23(31)28-14-16-29(17-15-28)24-26-11-6-12-27-24/h2-12,18H,1,13-17H2. The average Bonchev–Trinajstić information content (AvgIpc) is 2.88. The van der Waals surface area contributed by atoms with Gasteiger partial charge in [-0.15, -0.1) is 6.58 Å². The highest BCUT2D eigenvalue weighted by Gasteiger charge is 2.29. The summed E-state index contributed by atoms with van der Waals surface area (Å²) >= 11 is 6.31. The molecule has 1 fully saturated rings. The number of aromatic nitrogens is 2. The monoisotopic (exact) mass is 497 g/mol. The van der Waals surface area contributed by atoms with Gasteiger partial charge in [-0.3, -0.25) is 9.10 Å². The van der Waals surface area contributed by atoms with Gasteiger partial charge in [-0.05, 0) is 36.4 Å². The largest absolute Gasteiger partial charge is 0.337 e. The summed E-state index contributed by atoms with van der Waals surface area (Å²) in [4.78, 5) is 25.3. The van der Waals surface area contributed by atoms with Crippen molar-refractivity contribution in [3.63, 3.8) is 0 Å². The van der Waals surface area contributed by atoms with Gasteiger partial charge < -0.3 is 9.80 Å². The summed E-state index contributed by atoms with van der Waals surface area (Å²) < 4.78 is 28.3. The summed E-state index contributed by atoms with van der Waals surface area (Å²) in [7, 11) is -4.04. The van der Waals surface area contributed by atoms with Gasteiger partial charge in [-0.25, -0.2) is 18.4 Å². The lowest BCUT2D eigenvalue weighted by molar-refractivity contribution is 0.0746. The predicted molar refractivity (Wildman–Crippen MR) is 133 cm³/mol. The summed E-state index contributed by atoms with van der Waals surface area (Å²) in [6.07, 6.45) is 4.87. The number of halogens is 1. The molecule has 0 atom stereocenters. The SMILES string of the molecule is C=CCN(c1ccccc1)S(=O)(=O)c1cc(C(=O)N2CCN(c3ncccn3)CC2)ccc1Cl. The minimum absolute atomic E-state index is 0.0487. The third kappa shape index (κ3) is 4.90. The van der Waals surface area contributed by atoms with Crippen LogP contribution in [-0.4, -0.2) is 61.9 Å². The smallest absolute Gasteiger partial charge is 0.266 e. The number of carbonyl (C=O) groups excluding carboxylic acids is 1. The van der Waals surface area contributed by atoms with Crippen molar-refractivity contribution in [2.24, 2.45) is 0 Å². The van der Waals surface area contributed by atoms with Crippen molar-refractivity contribution in [1.29, 1.82) is 0 Å². The first-order valence-corrected chi connectivity index (χ1v) is 12.5. The number of anilines is 2. The van der Waals surface area contributed by atoms with E-state index in [1.165, 1.54) is 22.5 Å². The van der Waals surface area contributed by atoms with Crippen LogP contribution in [0.15, 0.2) is 84.5 Å². The van der Waals surface area contributed by atoms with Crippen LogP contribution >= 0.6 is 11.6 Å². The van der Waals surface area contributed by atoms with Crippen LogP contribution in [-0.2, 0) is 10.0 Å². The van der Waals surface area contributed by atoms with E-state index < -0.39 is 10.0 Å². The molecule has 4 rings (SSSR count). The van der Waals surface area contributed by atoms with E-state index in [2.05, 4.69) is 16.5 Å². The van der Waals surface area contributed by atoms with E-state index in [1.54, 1.807) is 59.8 Å². The van der Waals surface area contributed by atoms with Crippen LogP contribution in [0.3, 0.4) is 0 Å². The van der Waals surface area contributed by atoms with E-state index in [0.29, 0.717) is 37.8 Å². The molecule has 1 aromatic heterocycles. The molecule has 176 valence electrons. The molecule has 0 N–H and O–H groups in total. The molecule has 0 radical (unpaired) electrons.